The Balaban J connectivity index is 1.39. The summed E-state index contributed by atoms with van der Waals surface area (Å²) in [6, 6.07) is 11.7. The Kier molecular flexibility index (Phi) is 8.32. The van der Waals surface area contributed by atoms with Crippen LogP contribution in [0.5, 0.6) is 5.75 Å². The predicted molar refractivity (Wildman–Crippen MR) is 144 cm³/mol. The van der Waals surface area contributed by atoms with E-state index in [1.165, 1.54) is 35.5 Å². The summed E-state index contributed by atoms with van der Waals surface area (Å²) < 4.78 is 0.925. The van der Waals surface area contributed by atoms with Gasteiger partial charge in [-0.3, -0.25) is 14.8 Å². The van der Waals surface area contributed by atoms with Crippen LogP contribution in [0.1, 0.15) is 31.8 Å². The summed E-state index contributed by atoms with van der Waals surface area (Å²) in [6.45, 7) is 1.67. The van der Waals surface area contributed by atoms with Gasteiger partial charge in [-0.15, -0.1) is 34.4 Å². The van der Waals surface area contributed by atoms with Crippen LogP contribution in [0.25, 0.3) is 10.4 Å². The summed E-state index contributed by atoms with van der Waals surface area (Å²) in [4.78, 5) is 27.3. The number of benzene rings is 1. The van der Waals surface area contributed by atoms with E-state index in [0.717, 1.165) is 21.0 Å². The molecule has 184 valence electrons. The molecule has 1 amide bonds. The van der Waals surface area contributed by atoms with Gasteiger partial charge in [0.2, 0.25) is 12.4 Å². The zero-order valence-electron chi connectivity index (χ0n) is 18.6. The van der Waals surface area contributed by atoms with Gasteiger partial charge in [0.1, 0.15) is 5.75 Å². The molecule has 0 saturated carbocycles. The lowest BCUT2D eigenvalue weighted by Gasteiger charge is -2.04. The average molecular weight is 580 g/mol. The zero-order chi connectivity index (χ0) is 25.8. The highest BCUT2D eigenvalue weighted by Crippen LogP contribution is 2.40. The number of rotatable bonds is 8. The summed E-state index contributed by atoms with van der Waals surface area (Å²) >= 11 is 15.8. The van der Waals surface area contributed by atoms with Crippen molar-refractivity contribution in [2.75, 3.05) is 5.75 Å². The molecule has 7 nitrogen and oxygen atoms in total. The zero-order valence-corrected chi connectivity index (χ0v) is 22.5. The van der Waals surface area contributed by atoms with Gasteiger partial charge >= 0.3 is 0 Å². The molecule has 36 heavy (non-hydrogen) atoms. The molecule has 12 heteroatoms. The first-order chi connectivity index (χ1) is 17.2. The summed E-state index contributed by atoms with van der Waals surface area (Å²) in [5, 5.41) is 26.6. The Morgan fingerprint density at radius 1 is 1.08 bits per heavy atom. The number of thioether (sulfide) groups is 1. The van der Waals surface area contributed by atoms with Gasteiger partial charge < -0.3 is 5.11 Å². The van der Waals surface area contributed by atoms with Crippen molar-refractivity contribution >= 4 is 75.0 Å². The number of aromatic hydroxyl groups is 1. The average Bonchev–Trinajstić information content (AvgIpc) is 3.51. The van der Waals surface area contributed by atoms with Crippen molar-refractivity contribution in [2.45, 2.75) is 11.8 Å². The van der Waals surface area contributed by atoms with Crippen LogP contribution in [-0.2, 0) is 0 Å². The van der Waals surface area contributed by atoms with E-state index in [9.17, 15) is 19.9 Å². The monoisotopic (exact) mass is 578 g/mol. The number of nitrogens with zero attached hydrogens (tertiary/aromatic N) is 2. The maximum absolute atomic E-state index is 12.6. The highest BCUT2D eigenvalue weighted by atomic mass is 35.5. The molecular formula is C24H18Cl2N3O4S3+. The molecule has 0 aliphatic heterocycles. The topological polar surface area (TPSA) is 103 Å². The molecule has 3 heterocycles. The van der Waals surface area contributed by atoms with Crippen LogP contribution in [0.3, 0.4) is 0 Å². The second-order valence-electron chi connectivity index (χ2n) is 7.38. The summed E-state index contributed by atoms with van der Waals surface area (Å²) in [5.41, 5.74) is 4.09. The van der Waals surface area contributed by atoms with Crippen LogP contribution < -0.4 is 10.2 Å². The van der Waals surface area contributed by atoms with Gasteiger partial charge in [-0.05, 0) is 36.8 Å². The molecule has 3 aromatic heterocycles. The van der Waals surface area contributed by atoms with E-state index in [-0.39, 0.29) is 17.3 Å². The van der Waals surface area contributed by atoms with Gasteiger partial charge in [0.05, 0.1) is 41.7 Å². The van der Waals surface area contributed by atoms with Crippen molar-refractivity contribution in [1.29, 1.82) is 0 Å². The number of aromatic nitrogens is 1. The largest absolute Gasteiger partial charge is 0.506 e. The van der Waals surface area contributed by atoms with E-state index in [0.29, 0.717) is 41.5 Å². The highest BCUT2D eigenvalue weighted by Gasteiger charge is 2.17. The van der Waals surface area contributed by atoms with E-state index in [1.54, 1.807) is 54.8 Å². The van der Waals surface area contributed by atoms with Crippen molar-refractivity contribution in [3.8, 4) is 16.2 Å². The molecule has 0 unspecified atom stereocenters. The minimum atomic E-state index is -0.457. The van der Waals surface area contributed by atoms with E-state index < -0.39 is 5.91 Å². The molecule has 0 radical (unpaired) electrons. The van der Waals surface area contributed by atoms with E-state index in [1.807, 2.05) is 0 Å². The van der Waals surface area contributed by atoms with Crippen molar-refractivity contribution < 1.29 is 24.6 Å². The lowest BCUT2D eigenvalue weighted by molar-refractivity contribution is -0.905. The summed E-state index contributed by atoms with van der Waals surface area (Å²) in [7, 11) is 0. The molecule has 3 N–H and O–H groups in total. The van der Waals surface area contributed by atoms with Crippen molar-refractivity contribution in [3.63, 3.8) is 0 Å². The fourth-order valence-electron chi connectivity index (χ4n) is 3.03. The second-order valence-corrected chi connectivity index (χ2v) is 11.2. The number of carbonyl (C=O) groups excluding carboxylic acids is 2. The molecule has 0 aliphatic carbocycles. The Morgan fingerprint density at radius 3 is 2.53 bits per heavy atom. The van der Waals surface area contributed by atoms with Crippen molar-refractivity contribution in [1.82, 2.24) is 5.43 Å². The molecule has 0 spiro atoms. The molecule has 0 aliphatic rings. The number of thiophene rings is 2. The SMILES string of the molecule is CC(=NNC(=O)c1ccc(C(=O)CSc2cc[n+](O)cc2)s1)c1csc(-c2ccc(Cl)c(Cl)c2)c1O. The molecule has 0 saturated heterocycles. The van der Waals surface area contributed by atoms with Gasteiger partial charge in [-0.1, -0.05) is 29.3 Å². The van der Waals surface area contributed by atoms with Crippen LogP contribution >= 0.6 is 57.6 Å². The number of hydrazone groups is 1. The Morgan fingerprint density at radius 2 is 1.81 bits per heavy atom. The van der Waals surface area contributed by atoms with Crippen molar-refractivity contribution in [2.24, 2.45) is 5.10 Å². The number of nitrogens with one attached hydrogen (secondary N) is 1. The fourth-order valence-corrected chi connectivity index (χ4v) is 6.02. The quantitative estimate of drug-likeness (QED) is 0.0581. The third-order valence-corrected chi connectivity index (χ3v) is 8.81. The second kappa shape index (κ2) is 11.4. The number of halogens is 2. The minimum Gasteiger partial charge on any atom is -0.506 e. The summed E-state index contributed by atoms with van der Waals surface area (Å²) in [6.07, 6.45) is 2.96. The highest BCUT2D eigenvalue weighted by molar-refractivity contribution is 8.00. The first kappa shape index (κ1) is 26.2. The van der Waals surface area contributed by atoms with Gasteiger partial charge in [-0.2, -0.15) is 5.10 Å². The lowest BCUT2D eigenvalue weighted by atomic mass is 10.1. The first-order valence-electron chi connectivity index (χ1n) is 10.3. The minimum absolute atomic E-state index is 0.0302. The van der Waals surface area contributed by atoms with Crippen LogP contribution in [0.15, 0.2) is 70.2 Å². The molecule has 4 rings (SSSR count). The van der Waals surface area contributed by atoms with Crippen molar-refractivity contribution in [3.05, 3.63) is 85.6 Å². The van der Waals surface area contributed by atoms with Gasteiger partial charge in [-0.25, -0.2) is 5.43 Å². The number of carbonyl (C=O) groups is 2. The normalized spacial score (nSPS) is 11.5. The molecule has 0 bridgehead atoms. The standard InChI is InChI=1S/C24H17Cl2N3O4S3/c1-13(16-11-35-23(22(16)31)14-2-3-17(25)18(26)10-14)27-28-24(32)21-5-4-20(36-21)19(30)12-34-15-6-8-29(33)9-7-15/h2-11H,12H2,1H3,(H2-,28,31,32,33)/p+1. The third-order valence-electron chi connectivity index (χ3n) is 4.92. The Bertz CT molecular complexity index is 1470. The number of hydrogen-bond donors (Lipinski definition) is 3. The van der Waals surface area contributed by atoms with Crippen LogP contribution in [0.4, 0.5) is 0 Å². The lowest BCUT2D eigenvalue weighted by Crippen LogP contribution is -2.27. The number of hydrogen-bond acceptors (Lipinski definition) is 8. The molecule has 4 aromatic rings. The smallest absolute Gasteiger partial charge is 0.281 e. The molecule has 0 fully saturated rings. The maximum atomic E-state index is 12.6. The van der Waals surface area contributed by atoms with Crippen LogP contribution in [0, 0.1) is 0 Å². The van der Waals surface area contributed by atoms with E-state index in [4.69, 9.17) is 23.2 Å². The number of ketones is 1. The Labute approximate surface area is 228 Å². The third kappa shape index (κ3) is 6.08. The molecule has 1 aromatic carbocycles. The molecule has 0 atom stereocenters. The number of Topliss-reactive ketones (excluding diaryl/α,β-unsaturated/α-hetero) is 1. The van der Waals surface area contributed by atoms with Gasteiger partial charge in [0.25, 0.3) is 5.91 Å². The van der Waals surface area contributed by atoms with Gasteiger partial charge in [0, 0.05) is 27.1 Å². The fraction of sp³-hybridized carbons (Fsp3) is 0.0833. The van der Waals surface area contributed by atoms with Crippen LogP contribution in [-0.4, -0.2) is 33.5 Å². The predicted octanol–water partition coefficient (Wildman–Crippen LogP) is 6.14. The maximum Gasteiger partial charge on any atom is 0.281 e. The number of pyridine rings is 1. The first-order valence-corrected chi connectivity index (χ1v) is 13.7. The van der Waals surface area contributed by atoms with Crippen LogP contribution in [0.2, 0.25) is 10.0 Å². The Hall–Kier alpha value is -2.89. The van der Waals surface area contributed by atoms with E-state index in [2.05, 4.69) is 10.5 Å². The molecular weight excluding hydrogens is 561 g/mol. The number of amides is 1. The van der Waals surface area contributed by atoms with Gasteiger partial charge in [0.15, 0.2) is 5.78 Å². The van der Waals surface area contributed by atoms with E-state index >= 15 is 0 Å². The summed E-state index contributed by atoms with van der Waals surface area (Å²) in [5.74, 6) is -0.335.